The highest BCUT2D eigenvalue weighted by atomic mass is 35.5. The maximum absolute atomic E-state index is 12.7. The van der Waals surface area contributed by atoms with E-state index in [1.807, 2.05) is 13.8 Å². The van der Waals surface area contributed by atoms with Gasteiger partial charge in [-0.3, -0.25) is 9.48 Å². The first-order valence-electron chi connectivity index (χ1n) is 7.33. The second-order valence-electron chi connectivity index (χ2n) is 6.30. The normalized spacial score (nSPS) is 20.5. The number of amides is 1. The Morgan fingerprint density at radius 1 is 1.50 bits per heavy atom. The van der Waals surface area contributed by atoms with Crippen LogP contribution in [0.25, 0.3) is 0 Å². The maximum atomic E-state index is 12.7. The van der Waals surface area contributed by atoms with Crippen molar-refractivity contribution in [1.82, 2.24) is 14.7 Å². The fraction of sp³-hybridized carbons (Fsp3) is 0.714. The molecule has 0 spiro atoms. The minimum absolute atomic E-state index is 0.0199. The summed E-state index contributed by atoms with van der Waals surface area (Å²) in [5.74, 6) is 0.248. The monoisotopic (exact) mass is 347 g/mol. The molecule has 1 unspecified atom stereocenters. The largest absolute Gasteiger partial charge is 0.338 e. The summed E-state index contributed by atoms with van der Waals surface area (Å²) in [5.41, 5.74) is 0.942. The van der Waals surface area contributed by atoms with Gasteiger partial charge in [0.2, 0.25) is 0 Å². The maximum Gasteiger partial charge on any atom is 0.258 e. The number of sulfone groups is 1. The van der Waals surface area contributed by atoms with Crippen LogP contribution in [0.4, 0.5) is 0 Å². The predicted molar refractivity (Wildman–Crippen MR) is 86.0 cm³/mol. The minimum Gasteiger partial charge on any atom is -0.338 e. The first kappa shape index (κ1) is 17.3. The molecule has 6 nitrogen and oxygen atoms in total. The van der Waals surface area contributed by atoms with Gasteiger partial charge in [-0.15, -0.1) is 0 Å². The smallest absolute Gasteiger partial charge is 0.258 e. The molecular formula is C14H22ClN3O3S. The summed E-state index contributed by atoms with van der Waals surface area (Å²) in [6.07, 6.45) is 0.474. The van der Waals surface area contributed by atoms with Gasteiger partial charge in [0.1, 0.15) is 5.15 Å². The topological polar surface area (TPSA) is 72.3 Å². The number of aryl methyl sites for hydroxylation is 1. The Labute approximate surface area is 136 Å². The molecule has 1 saturated heterocycles. The summed E-state index contributed by atoms with van der Waals surface area (Å²) in [5, 5.41) is 4.65. The van der Waals surface area contributed by atoms with Crippen LogP contribution in [0.1, 0.15) is 36.3 Å². The Hall–Kier alpha value is -1.08. The highest BCUT2D eigenvalue weighted by Gasteiger charge is 2.34. The van der Waals surface area contributed by atoms with Gasteiger partial charge in [0.25, 0.3) is 5.91 Å². The molecule has 2 rings (SSSR count). The van der Waals surface area contributed by atoms with Gasteiger partial charge < -0.3 is 4.90 Å². The van der Waals surface area contributed by atoms with Crippen LogP contribution >= 0.6 is 11.6 Å². The zero-order chi connectivity index (χ0) is 16.7. The highest BCUT2D eigenvalue weighted by molar-refractivity contribution is 7.91. The summed E-state index contributed by atoms with van der Waals surface area (Å²) in [4.78, 5) is 14.2. The number of rotatable bonds is 4. The highest BCUT2D eigenvalue weighted by Crippen LogP contribution is 2.25. The van der Waals surface area contributed by atoms with Crippen LogP contribution in [0.2, 0.25) is 5.15 Å². The molecule has 0 bridgehead atoms. The van der Waals surface area contributed by atoms with E-state index in [1.54, 1.807) is 18.7 Å². The van der Waals surface area contributed by atoms with E-state index in [4.69, 9.17) is 11.6 Å². The van der Waals surface area contributed by atoms with Crippen molar-refractivity contribution in [3.8, 4) is 0 Å². The Kier molecular flexibility index (Phi) is 4.87. The van der Waals surface area contributed by atoms with Crippen molar-refractivity contribution in [2.75, 3.05) is 18.6 Å². The summed E-state index contributed by atoms with van der Waals surface area (Å²) in [6, 6.07) is -0.290. The van der Waals surface area contributed by atoms with Gasteiger partial charge in [-0.05, 0) is 19.3 Å². The van der Waals surface area contributed by atoms with Crippen molar-refractivity contribution >= 4 is 27.3 Å². The number of halogens is 1. The molecular weight excluding hydrogens is 326 g/mol. The van der Waals surface area contributed by atoms with Gasteiger partial charge in [-0.1, -0.05) is 25.4 Å². The van der Waals surface area contributed by atoms with E-state index in [0.717, 1.165) is 0 Å². The number of hydrogen-bond donors (Lipinski definition) is 0. The van der Waals surface area contributed by atoms with E-state index in [1.165, 1.54) is 4.90 Å². The molecule has 1 amide bonds. The SMILES string of the molecule is Cc1nn(CC(C)C)c(Cl)c1C(=O)N(C)C1CCS(=O)(=O)C1. The zero-order valence-electron chi connectivity index (χ0n) is 13.3. The van der Waals surface area contributed by atoms with Gasteiger partial charge in [0, 0.05) is 19.6 Å². The van der Waals surface area contributed by atoms with E-state index in [-0.39, 0.29) is 23.5 Å². The summed E-state index contributed by atoms with van der Waals surface area (Å²) in [7, 11) is -1.41. The van der Waals surface area contributed by atoms with Crippen molar-refractivity contribution in [3.05, 3.63) is 16.4 Å². The zero-order valence-corrected chi connectivity index (χ0v) is 14.9. The molecule has 22 heavy (non-hydrogen) atoms. The van der Waals surface area contributed by atoms with Gasteiger partial charge in [-0.2, -0.15) is 5.10 Å². The van der Waals surface area contributed by atoms with Crippen LogP contribution in [-0.4, -0.2) is 53.6 Å². The quantitative estimate of drug-likeness (QED) is 0.832. The van der Waals surface area contributed by atoms with E-state index >= 15 is 0 Å². The molecule has 0 aliphatic carbocycles. The predicted octanol–water partition coefficient (Wildman–Crippen LogP) is 1.76. The first-order valence-corrected chi connectivity index (χ1v) is 9.53. The van der Waals surface area contributed by atoms with Crippen LogP contribution < -0.4 is 0 Å². The van der Waals surface area contributed by atoms with Crippen LogP contribution in [-0.2, 0) is 16.4 Å². The fourth-order valence-electron chi connectivity index (χ4n) is 2.69. The number of nitrogens with zero attached hydrogens (tertiary/aromatic N) is 3. The molecule has 0 saturated carbocycles. The molecule has 1 aliphatic rings. The summed E-state index contributed by atoms with van der Waals surface area (Å²) in [6.45, 7) is 6.47. The molecule has 0 N–H and O–H groups in total. The van der Waals surface area contributed by atoms with Gasteiger partial charge in [0.15, 0.2) is 9.84 Å². The van der Waals surface area contributed by atoms with E-state index in [0.29, 0.717) is 35.3 Å². The van der Waals surface area contributed by atoms with Crippen molar-refractivity contribution < 1.29 is 13.2 Å². The Bertz CT molecular complexity index is 682. The summed E-state index contributed by atoms with van der Waals surface area (Å²) >= 11 is 6.31. The van der Waals surface area contributed by atoms with Crippen LogP contribution in [0, 0.1) is 12.8 Å². The lowest BCUT2D eigenvalue weighted by molar-refractivity contribution is 0.0747. The second-order valence-corrected chi connectivity index (χ2v) is 8.89. The van der Waals surface area contributed by atoms with Crippen LogP contribution in [0.15, 0.2) is 0 Å². The third-order valence-corrected chi connectivity index (χ3v) is 6.03. The van der Waals surface area contributed by atoms with Crippen molar-refractivity contribution in [3.63, 3.8) is 0 Å². The molecule has 0 radical (unpaired) electrons. The molecule has 1 aliphatic heterocycles. The molecule has 8 heteroatoms. The average Bonchev–Trinajstić information content (AvgIpc) is 2.88. The third-order valence-electron chi connectivity index (χ3n) is 3.89. The fourth-order valence-corrected chi connectivity index (χ4v) is 4.78. The minimum atomic E-state index is -3.03. The van der Waals surface area contributed by atoms with Gasteiger partial charge >= 0.3 is 0 Å². The van der Waals surface area contributed by atoms with E-state index < -0.39 is 9.84 Å². The van der Waals surface area contributed by atoms with Crippen LogP contribution in [0.5, 0.6) is 0 Å². The second kappa shape index (κ2) is 6.20. The van der Waals surface area contributed by atoms with Gasteiger partial charge in [0.05, 0.1) is 22.8 Å². The van der Waals surface area contributed by atoms with E-state index in [2.05, 4.69) is 5.10 Å². The van der Waals surface area contributed by atoms with Gasteiger partial charge in [-0.25, -0.2) is 8.42 Å². The number of carbonyl (C=O) groups is 1. The van der Waals surface area contributed by atoms with E-state index in [9.17, 15) is 13.2 Å². The van der Waals surface area contributed by atoms with Crippen molar-refractivity contribution in [2.45, 2.75) is 39.8 Å². The Balaban J connectivity index is 2.24. The summed E-state index contributed by atoms with van der Waals surface area (Å²) < 4.78 is 24.8. The Morgan fingerprint density at radius 2 is 2.14 bits per heavy atom. The molecule has 1 atom stereocenters. The number of carbonyl (C=O) groups excluding carboxylic acids is 1. The molecule has 0 aromatic carbocycles. The molecule has 2 heterocycles. The van der Waals surface area contributed by atoms with Crippen LogP contribution in [0.3, 0.4) is 0 Å². The standard InChI is InChI=1S/C14H22ClN3O3S/c1-9(2)7-18-13(15)12(10(3)16-18)14(19)17(4)11-5-6-22(20,21)8-11/h9,11H,5-8H2,1-4H3. The number of aromatic nitrogens is 2. The van der Waals surface area contributed by atoms with Crippen molar-refractivity contribution in [2.24, 2.45) is 5.92 Å². The van der Waals surface area contributed by atoms with Crippen molar-refractivity contribution in [1.29, 1.82) is 0 Å². The molecule has 1 aromatic rings. The number of hydrogen-bond acceptors (Lipinski definition) is 4. The first-order chi connectivity index (χ1) is 10.1. The molecule has 124 valence electrons. The molecule has 1 fully saturated rings. The average molecular weight is 348 g/mol. The lowest BCUT2D eigenvalue weighted by Crippen LogP contribution is -2.38. The lowest BCUT2D eigenvalue weighted by atomic mass is 10.2. The lowest BCUT2D eigenvalue weighted by Gasteiger charge is -2.23. The molecule has 1 aromatic heterocycles. The Morgan fingerprint density at radius 3 is 2.64 bits per heavy atom. The third kappa shape index (κ3) is 3.46.